The summed E-state index contributed by atoms with van der Waals surface area (Å²) < 4.78 is 0. The fourth-order valence-corrected chi connectivity index (χ4v) is 2.51. The molecule has 1 fully saturated rings. The number of aliphatic carboxylic acids is 1. The molecule has 0 aliphatic heterocycles. The maximum absolute atomic E-state index is 10.7. The van der Waals surface area contributed by atoms with Crippen molar-refractivity contribution in [3.63, 3.8) is 0 Å². The normalized spacial score (nSPS) is 39.3. The molecule has 1 saturated carbocycles. The van der Waals surface area contributed by atoms with Gasteiger partial charge in [-0.15, -0.1) is 0 Å². The van der Waals surface area contributed by atoms with Gasteiger partial charge in [0.2, 0.25) is 0 Å². The molecular formula is C10H19NO2. The van der Waals surface area contributed by atoms with Crippen molar-refractivity contribution >= 4 is 5.97 Å². The molecular weight excluding hydrogens is 166 g/mol. The first kappa shape index (κ1) is 10.5. The summed E-state index contributed by atoms with van der Waals surface area (Å²) in [5.74, 6) is 0.336. The van der Waals surface area contributed by atoms with Crippen LogP contribution >= 0.6 is 0 Å². The lowest BCUT2D eigenvalue weighted by Gasteiger charge is -2.32. The lowest BCUT2D eigenvalue weighted by Crippen LogP contribution is -2.36. The molecule has 3 atom stereocenters. The van der Waals surface area contributed by atoms with Gasteiger partial charge in [0.05, 0.1) is 6.42 Å². The van der Waals surface area contributed by atoms with Crippen LogP contribution in [-0.2, 0) is 4.79 Å². The van der Waals surface area contributed by atoms with Crippen LogP contribution in [0.1, 0.15) is 33.1 Å². The summed E-state index contributed by atoms with van der Waals surface area (Å²) >= 11 is 0. The van der Waals surface area contributed by atoms with Crippen LogP contribution < -0.4 is 5.73 Å². The van der Waals surface area contributed by atoms with E-state index in [9.17, 15) is 4.79 Å². The lowest BCUT2D eigenvalue weighted by molar-refractivity contribution is -0.140. The second kappa shape index (κ2) is 3.66. The van der Waals surface area contributed by atoms with Crippen LogP contribution in [0, 0.1) is 17.3 Å². The summed E-state index contributed by atoms with van der Waals surface area (Å²) in [5.41, 5.74) is 5.57. The molecule has 3 N–H and O–H groups in total. The van der Waals surface area contributed by atoms with Gasteiger partial charge in [-0.1, -0.05) is 13.8 Å². The third kappa shape index (κ3) is 1.85. The van der Waals surface area contributed by atoms with E-state index in [1.807, 2.05) is 0 Å². The highest BCUT2D eigenvalue weighted by molar-refractivity contribution is 5.67. The summed E-state index contributed by atoms with van der Waals surface area (Å²) in [7, 11) is 0. The van der Waals surface area contributed by atoms with Crippen molar-refractivity contribution in [1.82, 2.24) is 0 Å². The van der Waals surface area contributed by atoms with E-state index in [0.29, 0.717) is 18.4 Å². The topological polar surface area (TPSA) is 63.3 Å². The van der Waals surface area contributed by atoms with Gasteiger partial charge in [0.25, 0.3) is 0 Å². The highest BCUT2D eigenvalue weighted by Crippen LogP contribution is 2.48. The number of hydrogen-bond acceptors (Lipinski definition) is 2. The van der Waals surface area contributed by atoms with Gasteiger partial charge in [0.15, 0.2) is 0 Å². The van der Waals surface area contributed by atoms with Crippen LogP contribution in [0.25, 0.3) is 0 Å². The minimum absolute atomic E-state index is 0.134. The number of nitrogens with two attached hydrogens (primary N) is 1. The lowest BCUT2D eigenvalue weighted by atomic mass is 9.74. The minimum Gasteiger partial charge on any atom is -0.481 e. The van der Waals surface area contributed by atoms with Gasteiger partial charge in [0, 0.05) is 0 Å². The van der Waals surface area contributed by atoms with Gasteiger partial charge < -0.3 is 10.8 Å². The van der Waals surface area contributed by atoms with Crippen LogP contribution in [0.5, 0.6) is 0 Å². The average Bonchev–Trinajstić information content (AvgIpc) is 2.33. The number of carboxylic acid groups (broad SMARTS) is 1. The zero-order chi connectivity index (χ0) is 10.1. The predicted octanol–water partition coefficient (Wildman–Crippen LogP) is 1.47. The molecule has 3 heteroatoms. The van der Waals surface area contributed by atoms with Crippen molar-refractivity contribution in [1.29, 1.82) is 0 Å². The summed E-state index contributed by atoms with van der Waals surface area (Å²) in [6, 6.07) is 0. The van der Waals surface area contributed by atoms with E-state index in [-0.39, 0.29) is 11.8 Å². The molecule has 1 aliphatic carbocycles. The Morgan fingerprint density at radius 3 is 2.54 bits per heavy atom. The molecule has 76 valence electrons. The summed E-state index contributed by atoms with van der Waals surface area (Å²) in [5, 5.41) is 8.82. The molecule has 0 aromatic heterocycles. The van der Waals surface area contributed by atoms with Crippen molar-refractivity contribution in [2.24, 2.45) is 23.0 Å². The molecule has 0 radical (unpaired) electrons. The van der Waals surface area contributed by atoms with Crippen LogP contribution in [-0.4, -0.2) is 17.6 Å². The van der Waals surface area contributed by atoms with Crippen LogP contribution in [0.2, 0.25) is 0 Å². The maximum Gasteiger partial charge on any atom is 0.303 e. The van der Waals surface area contributed by atoms with Crippen LogP contribution in [0.4, 0.5) is 0 Å². The Bertz CT molecular complexity index is 205. The van der Waals surface area contributed by atoms with Crippen LogP contribution in [0.3, 0.4) is 0 Å². The summed E-state index contributed by atoms with van der Waals surface area (Å²) in [6.45, 7) is 4.82. The highest BCUT2D eigenvalue weighted by Gasteiger charge is 2.44. The van der Waals surface area contributed by atoms with E-state index in [2.05, 4.69) is 13.8 Å². The zero-order valence-electron chi connectivity index (χ0n) is 8.42. The summed E-state index contributed by atoms with van der Waals surface area (Å²) in [4.78, 5) is 10.7. The van der Waals surface area contributed by atoms with Gasteiger partial charge in [-0.3, -0.25) is 4.79 Å². The number of carboxylic acids is 1. The SMILES string of the molecule is CC1CCC(CN)(CC(=O)O)C1C. The molecule has 1 rings (SSSR count). The fourth-order valence-electron chi connectivity index (χ4n) is 2.51. The number of hydrogen-bond donors (Lipinski definition) is 2. The molecule has 3 nitrogen and oxygen atoms in total. The molecule has 0 heterocycles. The zero-order valence-corrected chi connectivity index (χ0v) is 8.42. The molecule has 3 unspecified atom stereocenters. The third-order valence-electron chi connectivity index (χ3n) is 3.83. The van der Waals surface area contributed by atoms with E-state index in [1.54, 1.807) is 0 Å². The molecule has 0 aromatic carbocycles. The summed E-state index contributed by atoms with van der Waals surface area (Å²) in [6.07, 6.45) is 2.32. The second-order valence-electron chi connectivity index (χ2n) is 4.44. The molecule has 0 saturated heterocycles. The highest BCUT2D eigenvalue weighted by atomic mass is 16.4. The Labute approximate surface area is 79.3 Å². The Balaban J connectivity index is 2.75. The number of carbonyl (C=O) groups is 1. The van der Waals surface area contributed by atoms with Gasteiger partial charge in [0.1, 0.15) is 0 Å². The quantitative estimate of drug-likeness (QED) is 0.700. The standard InChI is InChI=1S/C10H19NO2/c1-7-3-4-10(6-11,8(7)2)5-9(12)13/h7-8H,3-6,11H2,1-2H3,(H,12,13). The average molecular weight is 185 g/mol. The van der Waals surface area contributed by atoms with Crippen LogP contribution in [0.15, 0.2) is 0 Å². The van der Waals surface area contributed by atoms with Crippen molar-refractivity contribution in [3.05, 3.63) is 0 Å². The minimum atomic E-state index is -0.716. The molecule has 13 heavy (non-hydrogen) atoms. The van der Waals surface area contributed by atoms with Crippen molar-refractivity contribution in [2.75, 3.05) is 6.54 Å². The van der Waals surface area contributed by atoms with Crippen molar-refractivity contribution in [2.45, 2.75) is 33.1 Å². The maximum atomic E-state index is 10.7. The smallest absolute Gasteiger partial charge is 0.303 e. The van der Waals surface area contributed by atoms with E-state index in [1.165, 1.54) is 0 Å². The second-order valence-corrected chi connectivity index (χ2v) is 4.44. The third-order valence-corrected chi connectivity index (χ3v) is 3.83. The first-order chi connectivity index (χ1) is 6.02. The van der Waals surface area contributed by atoms with Crippen molar-refractivity contribution < 1.29 is 9.90 Å². The predicted molar refractivity (Wildman–Crippen MR) is 51.3 cm³/mol. The van der Waals surface area contributed by atoms with E-state index in [0.717, 1.165) is 12.8 Å². The molecule has 0 aromatic rings. The first-order valence-corrected chi connectivity index (χ1v) is 4.94. The van der Waals surface area contributed by atoms with E-state index in [4.69, 9.17) is 10.8 Å². The van der Waals surface area contributed by atoms with Gasteiger partial charge in [-0.2, -0.15) is 0 Å². The molecule has 0 bridgehead atoms. The van der Waals surface area contributed by atoms with Crippen molar-refractivity contribution in [3.8, 4) is 0 Å². The Morgan fingerprint density at radius 1 is 1.62 bits per heavy atom. The molecule has 0 amide bonds. The van der Waals surface area contributed by atoms with Gasteiger partial charge >= 0.3 is 5.97 Å². The fraction of sp³-hybridized carbons (Fsp3) is 0.900. The first-order valence-electron chi connectivity index (χ1n) is 4.94. The monoisotopic (exact) mass is 185 g/mol. The number of rotatable bonds is 3. The molecule has 0 spiro atoms. The molecule has 1 aliphatic rings. The van der Waals surface area contributed by atoms with Gasteiger partial charge in [-0.25, -0.2) is 0 Å². The van der Waals surface area contributed by atoms with E-state index >= 15 is 0 Å². The van der Waals surface area contributed by atoms with Gasteiger partial charge in [-0.05, 0) is 36.6 Å². The Kier molecular flexibility index (Phi) is 2.96. The Morgan fingerprint density at radius 2 is 2.23 bits per heavy atom. The van der Waals surface area contributed by atoms with E-state index < -0.39 is 5.97 Å². The Hall–Kier alpha value is -0.570. The largest absolute Gasteiger partial charge is 0.481 e.